The van der Waals surface area contributed by atoms with Gasteiger partial charge >= 0.3 is 0 Å². The van der Waals surface area contributed by atoms with Gasteiger partial charge in [-0.25, -0.2) is 4.98 Å². The number of hydrogen-bond acceptors (Lipinski definition) is 4. The SMILES string of the molecule is Cc1ccc(C#N)c(N(Cc2ccc(N)cc2)C2CC2)n1. The van der Waals surface area contributed by atoms with Gasteiger partial charge in [0.15, 0.2) is 0 Å². The fraction of sp³-hybridized carbons (Fsp3) is 0.294. The highest BCUT2D eigenvalue weighted by Gasteiger charge is 2.31. The largest absolute Gasteiger partial charge is 0.399 e. The lowest BCUT2D eigenvalue weighted by Gasteiger charge is -2.25. The van der Waals surface area contributed by atoms with Gasteiger partial charge in [-0.1, -0.05) is 12.1 Å². The minimum absolute atomic E-state index is 0.490. The minimum Gasteiger partial charge on any atom is -0.399 e. The Bertz CT molecular complexity index is 681. The molecule has 1 aliphatic carbocycles. The summed E-state index contributed by atoms with van der Waals surface area (Å²) in [6.45, 7) is 2.72. The van der Waals surface area contributed by atoms with E-state index in [1.54, 1.807) is 0 Å². The van der Waals surface area contributed by atoms with E-state index in [1.807, 2.05) is 43.3 Å². The highest BCUT2D eigenvalue weighted by molar-refractivity contribution is 5.56. The number of benzene rings is 1. The van der Waals surface area contributed by atoms with Crippen molar-refractivity contribution in [3.8, 4) is 6.07 Å². The Kier molecular flexibility index (Phi) is 3.49. The second kappa shape index (κ2) is 5.45. The first kappa shape index (κ1) is 13.4. The number of nitriles is 1. The van der Waals surface area contributed by atoms with Gasteiger partial charge in [0.25, 0.3) is 0 Å². The van der Waals surface area contributed by atoms with Crippen LogP contribution in [0.3, 0.4) is 0 Å². The van der Waals surface area contributed by atoms with Crippen LogP contribution in [0.4, 0.5) is 11.5 Å². The Morgan fingerprint density at radius 2 is 1.95 bits per heavy atom. The molecule has 1 heterocycles. The van der Waals surface area contributed by atoms with Crippen molar-refractivity contribution in [2.24, 2.45) is 0 Å². The molecule has 0 atom stereocenters. The van der Waals surface area contributed by atoms with E-state index in [4.69, 9.17) is 5.73 Å². The summed E-state index contributed by atoms with van der Waals surface area (Å²) in [5.41, 5.74) is 9.27. The Labute approximate surface area is 124 Å². The number of pyridine rings is 1. The van der Waals surface area contributed by atoms with Crippen molar-refractivity contribution in [1.29, 1.82) is 5.26 Å². The van der Waals surface area contributed by atoms with E-state index in [1.165, 1.54) is 5.56 Å². The van der Waals surface area contributed by atoms with Gasteiger partial charge in [0, 0.05) is 24.0 Å². The number of hydrogen-bond donors (Lipinski definition) is 1. The molecule has 1 aliphatic rings. The molecule has 1 saturated carbocycles. The van der Waals surface area contributed by atoms with Crippen molar-refractivity contribution in [3.05, 3.63) is 53.2 Å². The van der Waals surface area contributed by atoms with E-state index in [-0.39, 0.29) is 0 Å². The highest BCUT2D eigenvalue weighted by Crippen LogP contribution is 2.33. The number of anilines is 2. The van der Waals surface area contributed by atoms with E-state index in [0.717, 1.165) is 36.6 Å². The van der Waals surface area contributed by atoms with Crippen LogP contribution in [0.2, 0.25) is 0 Å². The molecule has 3 rings (SSSR count). The van der Waals surface area contributed by atoms with Gasteiger partial charge in [0.2, 0.25) is 0 Å². The molecule has 2 aromatic rings. The highest BCUT2D eigenvalue weighted by atomic mass is 15.2. The van der Waals surface area contributed by atoms with Gasteiger partial charge < -0.3 is 10.6 Å². The summed E-state index contributed by atoms with van der Waals surface area (Å²) in [5.74, 6) is 0.803. The summed E-state index contributed by atoms with van der Waals surface area (Å²) in [4.78, 5) is 6.85. The molecule has 1 fully saturated rings. The normalized spacial score (nSPS) is 13.7. The first-order valence-corrected chi connectivity index (χ1v) is 7.16. The molecule has 0 spiro atoms. The lowest BCUT2D eigenvalue weighted by molar-refractivity contribution is 0.774. The molecule has 0 bridgehead atoms. The van der Waals surface area contributed by atoms with E-state index in [2.05, 4.69) is 16.0 Å². The summed E-state index contributed by atoms with van der Waals surface area (Å²) in [6.07, 6.45) is 2.32. The Balaban J connectivity index is 1.93. The van der Waals surface area contributed by atoms with Gasteiger partial charge in [-0.05, 0) is 49.6 Å². The van der Waals surface area contributed by atoms with Crippen molar-refractivity contribution in [3.63, 3.8) is 0 Å². The van der Waals surface area contributed by atoms with Crippen molar-refractivity contribution >= 4 is 11.5 Å². The first-order chi connectivity index (χ1) is 10.2. The third-order valence-corrected chi connectivity index (χ3v) is 3.73. The molecule has 106 valence electrons. The van der Waals surface area contributed by atoms with E-state index >= 15 is 0 Å². The summed E-state index contributed by atoms with van der Waals surface area (Å²) in [6, 6.07) is 14.4. The van der Waals surface area contributed by atoms with Gasteiger partial charge in [-0.2, -0.15) is 5.26 Å². The maximum absolute atomic E-state index is 9.33. The number of rotatable bonds is 4. The van der Waals surface area contributed by atoms with Crippen LogP contribution in [-0.4, -0.2) is 11.0 Å². The first-order valence-electron chi connectivity index (χ1n) is 7.16. The third-order valence-electron chi connectivity index (χ3n) is 3.73. The number of aryl methyl sites for hydroxylation is 1. The minimum atomic E-state index is 0.490. The molecule has 1 aromatic heterocycles. The molecule has 21 heavy (non-hydrogen) atoms. The topological polar surface area (TPSA) is 65.9 Å². The third kappa shape index (κ3) is 2.97. The van der Waals surface area contributed by atoms with Gasteiger partial charge in [-0.15, -0.1) is 0 Å². The molecule has 4 nitrogen and oxygen atoms in total. The van der Waals surface area contributed by atoms with Gasteiger partial charge in [0.05, 0.1) is 5.56 Å². The average molecular weight is 278 g/mol. The second-order valence-corrected chi connectivity index (χ2v) is 5.54. The standard InChI is InChI=1S/C17H18N4/c1-12-2-5-14(10-18)17(20-12)21(16-8-9-16)11-13-3-6-15(19)7-4-13/h2-7,16H,8-9,11,19H2,1H3. The van der Waals surface area contributed by atoms with Crippen molar-refractivity contribution in [1.82, 2.24) is 4.98 Å². The fourth-order valence-electron chi connectivity index (χ4n) is 2.43. The zero-order valence-corrected chi connectivity index (χ0v) is 12.1. The second-order valence-electron chi connectivity index (χ2n) is 5.54. The van der Waals surface area contributed by atoms with Crippen LogP contribution >= 0.6 is 0 Å². The number of nitrogens with zero attached hydrogens (tertiary/aromatic N) is 3. The lowest BCUT2D eigenvalue weighted by atomic mass is 10.1. The number of aromatic nitrogens is 1. The van der Waals surface area contributed by atoms with Crippen LogP contribution in [0, 0.1) is 18.3 Å². The summed E-state index contributed by atoms with van der Waals surface area (Å²) in [7, 11) is 0. The maximum atomic E-state index is 9.33. The summed E-state index contributed by atoms with van der Waals surface area (Å²) in [5, 5.41) is 9.33. The Hall–Kier alpha value is -2.54. The molecule has 1 aromatic carbocycles. The van der Waals surface area contributed by atoms with Crippen LogP contribution in [0.5, 0.6) is 0 Å². The molecule has 0 aliphatic heterocycles. The number of nitrogens with two attached hydrogens (primary N) is 1. The predicted octanol–water partition coefficient (Wildman–Crippen LogP) is 3.01. The van der Waals surface area contributed by atoms with Gasteiger partial charge in [-0.3, -0.25) is 0 Å². The van der Waals surface area contributed by atoms with E-state index < -0.39 is 0 Å². The van der Waals surface area contributed by atoms with Crippen LogP contribution < -0.4 is 10.6 Å². The Morgan fingerprint density at radius 1 is 1.24 bits per heavy atom. The Morgan fingerprint density at radius 3 is 2.57 bits per heavy atom. The predicted molar refractivity (Wildman–Crippen MR) is 83.7 cm³/mol. The smallest absolute Gasteiger partial charge is 0.147 e. The maximum Gasteiger partial charge on any atom is 0.147 e. The molecule has 2 N–H and O–H groups in total. The molecule has 0 saturated heterocycles. The molecular formula is C17H18N4. The van der Waals surface area contributed by atoms with E-state index in [9.17, 15) is 5.26 Å². The van der Waals surface area contributed by atoms with Crippen LogP contribution in [0.25, 0.3) is 0 Å². The van der Waals surface area contributed by atoms with Crippen molar-refractivity contribution < 1.29 is 0 Å². The lowest BCUT2D eigenvalue weighted by Crippen LogP contribution is -2.27. The molecule has 0 unspecified atom stereocenters. The van der Waals surface area contributed by atoms with Crippen LogP contribution in [0.1, 0.15) is 29.7 Å². The molecule has 4 heteroatoms. The monoisotopic (exact) mass is 278 g/mol. The fourth-order valence-corrected chi connectivity index (χ4v) is 2.43. The zero-order valence-electron chi connectivity index (χ0n) is 12.1. The van der Waals surface area contributed by atoms with E-state index in [0.29, 0.717) is 11.6 Å². The summed E-state index contributed by atoms with van der Waals surface area (Å²) >= 11 is 0. The van der Waals surface area contributed by atoms with Crippen molar-refractivity contribution in [2.45, 2.75) is 32.4 Å². The van der Waals surface area contributed by atoms with Crippen LogP contribution in [0.15, 0.2) is 36.4 Å². The quantitative estimate of drug-likeness (QED) is 0.873. The van der Waals surface area contributed by atoms with Crippen LogP contribution in [-0.2, 0) is 6.54 Å². The average Bonchev–Trinajstić information content (AvgIpc) is 3.31. The number of nitrogen functional groups attached to an aromatic ring is 1. The zero-order chi connectivity index (χ0) is 14.8. The summed E-state index contributed by atoms with van der Waals surface area (Å²) < 4.78 is 0. The molecule has 0 radical (unpaired) electrons. The molecular weight excluding hydrogens is 260 g/mol. The van der Waals surface area contributed by atoms with Gasteiger partial charge in [0.1, 0.15) is 11.9 Å². The molecule has 0 amide bonds. The van der Waals surface area contributed by atoms with Crippen molar-refractivity contribution in [2.75, 3.05) is 10.6 Å².